The van der Waals surface area contributed by atoms with E-state index in [1.54, 1.807) is 25.3 Å². The first kappa shape index (κ1) is 17.3. The molecule has 0 saturated heterocycles. The van der Waals surface area contributed by atoms with Crippen LogP contribution in [-0.4, -0.2) is 37.0 Å². The Morgan fingerprint density at radius 3 is 3.08 bits per heavy atom. The summed E-state index contributed by atoms with van der Waals surface area (Å²) in [4.78, 5) is 16.4. The SMILES string of the molecule is COc1ccc(Cl)cc1C(=O)NCC(C)N1CCc2sccc2C1. The Bertz CT molecular complexity index is 732. The molecule has 3 rings (SSSR count). The molecule has 1 amide bonds. The highest BCUT2D eigenvalue weighted by atomic mass is 35.5. The van der Waals surface area contributed by atoms with Crippen LogP contribution in [0.4, 0.5) is 0 Å². The molecule has 0 bridgehead atoms. The number of benzene rings is 1. The van der Waals surface area contributed by atoms with Gasteiger partial charge in [0.2, 0.25) is 0 Å². The Morgan fingerprint density at radius 1 is 1.46 bits per heavy atom. The van der Waals surface area contributed by atoms with Gasteiger partial charge >= 0.3 is 0 Å². The summed E-state index contributed by atoms with van der Waals surface area (Å²) in [5, 5.41) is 5.68. The van der Waals surface area contributed by atoms with Crippen molar-refractivity contribution in [3.63, 3.8) is 0 Å². The summed E-state index contributed by atoms with van der Waals surface area (Å²) in [5.74, 6) is 0.375. The van der Waals surface area contributed by atoms with Crippen molar-refractivity contribution in [1.82, 2.24) is 10.2 Å². The lowest BCUT2D eigenvalue weighted by Crippen LogP contribution is -2.44. The monoisotopic (exact) mass is 364 g/mol. The van der Waals surface area contributed by atoms with E-state index in [1.807, 2.05) is 11.3 Å². The Kier molecular flexibility index (Phi) is 5.43. The number of nitrogens with one attached hydrogen (secondary N) is 1. The summed E-state index contributed by atoms with van der Waals surface area (Å²) in [6, 6.07) is 7.54. The van der Waals surface area contributed by atoms with Crippen molar-refractivity contribution in [1.29, 1.82) is 0 Å². The van der Waals surface area contributed by atoms with E-state index in [4.69, 9.17) is 16.3 Å². The third-order valence-electron chi connectivity index (χ3n) is 4.42. The molecule has 1 aliphatic rings. The second-order valence-electron chi connectivity index (χ2n) is 5.99. The molecule has 2 heterocycles. The molecule has 1 unspecified atom stereocenters. The predicted octanol–water partition coefficient (Wildman–Crippen LogP) is 3.59. The molecule has 128 valence electrons. The van der Waals surface area contributed by atoms with Crippen LogP contribution in [0.15, 0.2) is 29.6 Å². The number of carbonyl (C=O) groups excluding carboxylic acids is 1. The second-order valence-corrected chi connectivity index (χ2v) is 7.43. The van der Waals surface area contributed by atoms with E-state index >= 15 is 0 Å². The van der Waals surface area contributed by atoms with Gasteiger partial charge in [0.1, 0.15) is 5.75 Å². The number of ether oxygens (including phenoxy) is 1. The first-order valence-corrected chi connectivity index (χ1v) is 9.25. The summed E-state index contributed by atoms with van der Waals surface area (Å²) in [6.45, 7) is 4.72. The van der Waals surface area contributed by atoms with E-state index in [0.717, 1.165) is 19.5 Å². The van der Waals surface area contributed by atoms with Gasteiger partial charge in [0.15, 0.2) is 0 Å². The van der Waals surface area contributed by atoms with Gasteiger partial charge in [-0.05, 0) is 48.6 Å². The molecule has 0 spiro atoms. The van der Waals surface area contributed by atoms with Gasteiger partial charge < -0.3 is 10.1 Å². The zero-order chi connectivity index (χ0) is 17.1. The number of hydrogen-bond donors (Lipinski definition) is 1. The fourth-order valence-electron chi connectivity index (χ4n) is 2.97. The number of rotatable bonds is 5. The molecule has 24 heavy (non-hydrogen) atoms. The number of hydrogen-bond acceptors (Lipinski definition) is 4. The standard InChI is InChI=1S/C18H21ClN2O2S/c1-12(21-7-5-17-13(11-21)6-8-24-17)10-20-18(22)15-9-14(19)3-4-16(15)23-2/h3-4,6,8-9,12H,5,7,10-11H2,1-2H3,(H,20,22). The number of thiophene rings is 1. The Balaban J connectivity index is 1.59. The molecule has 2 aromatic rings. The van der Waals surface area contributed by atoms with Gasteiger partial charge in [-0.15, -0.1) is 11.3 Å². The molecule has 0 aliphatic carbocycles. The zero-order valence-corrected chi connectivity index (χ0v) is 15.4. The molecule has 4 nitrogen and oxygen atoms in total. The maximum absolute atomic E-state index is 12.5. The van der Waals surface area contributed by atoms with Crippen molar-refractivity contribution < 1.29 is 9.53 Å². The van der Waals surface area contributed by atoms with Crippen LogP contribution in [0.2, 0.25) is 5.02 Å². The molecule has 1 aliphatic heterocycles. The van der Waals surface area contributed by atoms with Gasteiger partial charge in [-0.1, -0.05) is 11.6 Å². The quantitative estimate of drug-likeness (QED) is 0.881. The minimum Gasteiger partial charge on any atom is -0.496 e. The normalized spacial score (nSPS) is 15.6. The van der Waals surface area contributed by atoms with Gasteiger partial charge in [-0.2, -0.15) is 0 Å². The lowest BCUT2D eigenvalue weighted by molar-refractivity contribution is 0.0929. The molecular weight excluding hydrogens is 344 g/mol. The van der Waals surface area contributed by atoms with Crippen molar-refractivity contribution >= 4 is 28.8 Å². The third-order valence-corrected chi connectivity index (χ3v) is 5.68. The highest BCUT2D eigenvalue weighted by molar-refractivity contribution is 7.10. The van der Waals surface area contributed by atoms with Crippen LogP contribution >= 0.6 is 22.9 Å². The second kappa shape index (κ2) is 7.55. The summed E-state index contributed by atoms with van der Waals surface area (Å²) < 4.78 is 5.25. The average Bonchev–Trinajstić information content (AvgIpc) is 3.06. The van der Waals surface area contributed by atoms with Crippen molar-refractivity contribution in [3.8, 4) is 5.75 Å². The fourth-order valence-corrected chi connectivity index (χ4v) is 4.03. The number of halogens is 1. The number of methoxy groups -OCH3 is 1. The average molecular weight is 365 g/mol. The van der Waals surface area contributed by atoms with Gasteiger partial charge in [0.05, 0.1) is 12.7 Å². The predicted molar refractivity (Wildman–Crippen MR) is 98.2 cm³/mol. The molecular formula is C18H21ClN2O2S. The van der Waals surface area contributed by atoms with E-state index in [0.29, 0.717) is 22.9 Å². The summed E-state index contributed by atoms with van der Waals surface area (Å²) in [6.07, 6.45) is 1.09. The lowest BCUT2D eigenvalue weighted by Gasteiger charge is -2.32. The molecule has 0 saturated carbocycles. The van der Waals surface area contributed by atoms with Crippen LogP contribution < -0.4 is 10.1 Å². The number of fused-ring (bicyclic) bond motifs is 1. The van der Waals surface area contributed by atoms with E-state index in [1.165, 1.54) is 10.4 Å². The lowest BCUT2D eigenvalue weighted by atomic mass is 10.1. The van der Waals surface area contributed by atoms with Gasteiger partial charge in [-0.25, -0.2) is 0 Å². The number of nitrogens with zero attached hydrogens (tertiary/aromatic N) is 1. The Hall–Kier alpha value is -1.56. The van der Waals surface area contributed by atoms with Crippen molar-refractivity contribution in [2.45, 2.75) is 25.9 Å². The Labute approximate surface area is 151 Å². The topological polar surface area (TPSA) is 41.6 Å². The van der Waals surface area contributed by atoms with Crippen LogP contribution in [0.1, 0.15) is 27.7 Å². The van der Waals surface area contributed by atoms with Crippen LogP contribution in [0.3, 0.4) is 0 Å². The Morgan fingerprint density at radius 2 is 2.29 bits per heavy atom. The smallest absolute Gasteiger partial charge is 0.255 e. The fraction of sp³-hybridized carbons (Fsp3) is 0.389. The van der Waals surface area contributed by atoms with Crippen LogP contribution in [0, 0.1) is 0 Å². The molecule has 0 fully saturated rings. The minimum absolute atomic E-state index is 0.158. The van der Waals surface area contributed by atoms with Crippen molar-refractivity contribution in [2.75, 3.05) is 20.2 Å². The van der Waals surface area contributed by atoms with Crippen LogP contribution in [-0.2, 0) is 13.0 Å². The van der Waals surface area contributed by atoms with Crippen LogP contribution in [0.25, 0.3) is 0 Å². The van der Waals surface area contributed by atoms with E-state index in [2.05, 4.69) is 28.6 Å². The molecule has 6 heteroatoms. The largest absolute Gasteiger partial charge is 0.496 e. The van der Waals surface area contributed by atoms with E-state index in [9.17, 15) is 4.79 Å². The minimum atomic E-state index is -0.158. The first-order valence-electron chi connectivity index (χ1n) is 7.99. The van der Waals surface area contributed by atoms with E-state index < -0.39 is 0 Å². The maximum atomic E-state index is 12.5. The highest BCUT2D eigenvalue weighted by Crippen LogP contribution is 2.25. The molecule has 1 atom stereocenters. The van der Waals surface area contributed by atoms with Gasteiger partial charge in [0, 0.05) is 35.6 Å². The number of carbonyl (C=O) groups is 1. The maximum Gasteiger partial charge on any atom is 0.255 e. The number of amides is 1. The first-order chi connectivity index (χ1) is 11.6. The van der Waals surface area contributed by atoms with Crippen molar-refractivity contribution in [2.24, 2.45) is 0 Å². The molecule has 1 aromatic heterocycles. The molecule has 1 aromatic carbocycles. The summed E-state index contributed by atoms with van der Waals surface area (Å²) in [5.41, 5.74) is 1.89. The van der Waals surface area contributed by atoms with E-state index in [-0.39, 0.29) is 11.9 Å². The van der Waals surface area contributed by atoms with Crippen LogP contribution in [0.5, 0.6) is 5.75 Å². The summed E-state index contributed by atoms with van der Waals surface area (Å²) >= 11 is 7.83. The van der Waals surface area contributed by atoms with Crippen molar-refractivity contribution in [3.05, 3.63) is 50.7 Å². The molecule has 1 N–H and O–H groups in total. The third kappa shape index (κ3) is 3.74. The van der Waals surface area contributed by atoms with Gasteiger partial charge in [0.25, 0.3) is 5.91 Å². The highest BCUT2D eigenvalue weighted by Gasteiger charge is 2.22. The zero-order valence-electron chi connectivity index (χ0n) is 13.8. The molecule has 0 radical (unpaired) electrons. The summed E-state index contributed by atoms with van der Waals surface area (Å²) in [7, 11) is 1.55. The van der Waals surface area contributed by atoms with Gasteiger partial charge in [-0.3, -0.25) is 9.69 Å².